The highest BCUT2D eigenvalue weighted by atomic mass is 79.9. The molecule has 4 nitrogen and oxygen atoms in total. The average Bonchev–Trinajstić information content (AvgIpc) is 2.87. The molecular formula is C16H18BrN3O. The van der Waals surface area contributed by atoms with Crippen LogP contribution in [0.3, 0.4) is 0 Å². The second-order valence-electron chi connectivity index (χ2n) is 6.13. The van der Waals surface area contributed by atoms with E-state index in [9.17, 15) is 4.79 Å². The molecule has 0 saturated carbocycles. The fraction of sp³-hybridized carbons (Fsp3) is 0.438. The molecule has 1 amide bonds. The topological polar surface area (TPSA) is 36.8 Å². The zero-order valence-electron chi connectivity index (χ0n) is 11.8. The smallest absolute Gasteiger partial charge is 0.253 e. The van der Waals surface area contributed by atoms with E-state index in [1.807, 2.05) is 35.0 Å². The van der Waals surface area contributed by atoms with Crippen LogP contribution in [-0.2, 0) is 0 Å². The minimum Gasteiger partial charge on any atom is -0.348 e. The highest BCUT2D eigenvalue weighted by molar-refractivity contribution is 9.10. The van der Waals surface area contributed by atoms with Crippen LogP contribution in [0.2, 0.25) is 0 Å². The Labute approximate surface area is 132 Å². The number of halogens is 1. The second kappa shape index (κ2) is 5.14. The molecule has 0 aromatic carbocycles. The summed E-state index contributed by atoms with van der Waals surface area (Å²) in [6.07, 6.45) is 6.31. The van der Waals surface area contributed by atoms with E-state index < -0.39 is 0 Å². The first-order valence-electron chi connectivity index (χ1n) is 7.49. The molecule has 1 atom stereocenters. The SMILES string of the molecule is O=C(N[C@H]1CN2CCC1CC2)c1ccc2cc(Br)cn2c1. The molecule has 3 saturated heterocycles. The highest BCUT2D eigenvalue weighted by Gasteiger charge is 2.34. The Hall–Kier alpha value is -1.33. The Bertz CT molecular complexity index is 688. The van der Waals surface area contributed by atoms with Crippen LogP contribution in [0.25, 0.3) is 5.52 Å². The molecule has 3 fully saturated rings. The number of aromatic nitrogens is 1. The van der Waals surface area contributed by atoms with Gasteiger partial charge in [-0.05, 0) is 66.0 Å². The molecule has 0 unspecified atom stereocenters. The first kappa shape index (κ1) is 13.3. The van der Waals surface area contributed by atoms with Gasteiger partial charge in [-0.3, -0.25) is 4.79 Å². The summed E-state index contributed by atoms with van der Waals surface area (Å²) in [7, 11) is 0. The average molecular weight is 348 g/mol. The molecule has 0 aliphatic carbocycles. The fourth-order valence-electron chi connectivity index (χ4n) is 3.59. The number of carbonyl (C=O) groups excluding carboxylic acids is 1. The predicted octanol–water partition coefficient (Wildman–Crippen LogP) is 2.53. The van der Waals surface area contributed by atoms with Crippen molar-refractivity contribution in [2.45, 2.75) is 18.9 Å². The van der Waals surface area contributed by atoms with E-state index in [2.05, 4.69) is 26.1 Å². The molecule has 5 heteroatoms. The van der Waals surface area contributed by atoms with E-state index in [1.165, 1.54) is 25.9 Å². The summed E-state index contributed by atoms with van der Waals surface area (Å²) in [6.45, 7) is 3.40. The van der Waals surface area contributed by atoms with Gasteiger partial charge in [-0.15, -0.1) is 0 Å². The van der Waals surface area contributed by atoms with E-state index >= 15 is 0 Å². The maximum Gasteiger partial charge on any atom is 0.253 e. The van der Waals surface area contributed by atoms with Crippen molar-refractivity contribution in [1.29, 1.82) is 0 Å². The summed E-state index contributed by atoms with van der Waals surface area (Å²) >= 11 is 3.46. The first-order valence-corrected chi connectivity index (χ1v) is 8.29. The zero-order valence-corrected chi connectivity index (χ0v) is 13.3. The lowest BCUT2D eigenvalue weighted by Gasteiger charge is -2.44. The van der Waals surface area contributed by atoms with Gasteiger partial charge in [0.05, 0.1) is 5.56 Å². The third kappa shape index (κ3) is 2.49. The van der Waals surface area contributed by atoms with Crippen molar-refractivity contribution in [3.8, 4) is 0 Å². The standard InChI is InChI=1S/C16H18BrN3O/c17-13-7-14-2-1-12(8-20(14)9-13)16(21)18-15-10-19-5-3-11(15)4-6-19/h1-2,7-9,11,15H,3-6,10H2,(H,18,21)/t15-/m0/s1. The monoisotopic (exact) mass is 347 g/mol. The minimum atomic E-state index is 0.0421. The molecule has 2 bridgehead atoms. The van der Waals surface area contributed by atoms with Crippen molar-refractivity contribution in [3.05, 3.63) is 40.6 Å². The normalized spacial score (nSPS) is 28.0. The summed E-state index contributed by atoms with van der Waals surface area (Å²) in [5, 5.41) is 3.23. The second-order valence-corrected chi connectivity index (χ2v) is 7.04. The molecule has 3 aliphatic heterocycles. The van der Waals surface area contributed by atoms with Crippen molar-refractivity contribution in [3.63, 3.8) is 0 Å². The van der Waals surface area contributed by atoms with Crippen LogP contribution in [0.1, 0.15) is 23.2 Å². The lowest BCUT2D eigenvalue weighted by molar-refractivity contribution is 0.0620. The number of carbonyl (C=O) groups is 1. The van der Waals surface area contributed by atoms with Gasteiger partial charge >= 0.3 is 0 Å². The predicted molar refractivity (Wildman–Crippen MR) is 85.5 cm³/mol. The van der Waals surface area contributed by atoms with E-state index in [0.717, 1.165) is 22.1 Å². The zero-order chi connectivity index (χ0) is 14.4. The van der Waals surface area contributed by atoms with Crippen molar-refractivity contribution in [2.24, 2.45) is 5.92 Å². The number of piperidine rings is 3. The molecule has 21 heavy (non-hydrogen) atoms. The van der Waals surface area contributed by atoms with Crippen LogP contribution in [0.5, 0.6) is 0 Å². The van der Waals surface area contributed by atoms with Crippen LogP contribution < -0.4 is 5.32 Å². The molecule has 2 aromatic rings. The van der Waals surface area contributed by atoms with E-state index in [-0.39, 0.29) is 5.91 Å². The third-order valence-electron chi connectivity index (χ3n) is 4.79. The van der Waals surface area contributed by atoms with Crippen molar-refractivity contribution < 1.29 is 4.79 Å². The summed E-state index contributed by atoms with van der Waals surface area (Å²) in [4.78, 5) is 14.9. The lowest BCUT2D eigenvalue weighted by atomic mass is 9.84. The third-order valence-corrected chi connectivity index (χ3v) is 5.23. The van der Waals surface area contributed by atoms with Gasteiger partial charge in [-0.25, -0.2) is 0 Å². The van der Waals surface area contributed by atoms with Gasteiger partial charge in [-0.1, -0.05) is 0 Å². The summed E-state index contributed by atoms with van der Waals surface area (Å²) in [5.41, 5.74) is 1.81. The van der Waals surface area contributed by atoms with Gasteiger partial charge in [0, 0.05) is 35.0 Å². The van der Waals surface area contributed by atoms with Crippen molar-refractivity contribution in [1.82, 2.24) is 14.6 Å². The first-order chi connectivity index (χ1) is 10.2. The number of fused-ring (bicyclic) bond motifs is 4. The quantitative estimate of drug-likeness (QED) is 0.906. The fourth-order valence-corrected chi connectivity index (χ4v) is 4.04. The molecule has 0 radical (unpaired) electrons. The molecule has 5 rings (SSSR count). The largest absolute Gasteiger partial charge is 0.348 e. The van der Waals surface area contributed by atoms with Gasteiger partial charge in [0.15, 0.2) is 0 Å². The van der Waals surface area contributed by atoms with E-state index in [1.54, 1.807) is 0 Å². The Morgan fingerprint density at radius 1 is 1.24 bits per heavy atom. The van der Waals surface area contributed by atoms with Crippen LogP contribution in [-0.4, -0.2) is 40.9 Å². The number of hydrogen-bond donors (Lipinski definition) is 1. The number of amides is 1. The van der Waals surface area contributed by atoms with Crippen molar-refractivity contribution in [2.75, 3.05) is 19.6 Å². The summed E-state index contributed by atoms with van der Waals surface area (Å²) in [5.74, 6) is 0.698. The van der Waals surface area contributed by atoms with Crippen molar-refractivity contribution >= 4 is 27.4 Å². The van der Waals surface area contributed by atoms with Gasteiger partial charge in [0.25, 0.3) is 5.91 Å². The molecule has 2 aromatic heterocycles. The number of hydrogen-bond acceptors (Lipinski definition) is 2. The molecule has 5 heterocycles. The van der Waals surface area contributed by atoms with E-state index in [0.29, 0.717) is 12.0 Å². The number of pyridine rings is 1. The van der Waals surface area contributed by atoms with Gasteiger partial charge < -0.3 is 14.6 Å². The van der Waals surface area contributed by atoms with Crippen LogP contribution in [0.4, 0.5) is 0 Å². The van der Waals surface area contributed by atoms with Crippen LogP contribution in [0, 0.1) is 5.92 Å². The Balaban J connectivity index is 1.53. The van der Waals surface area contributed by atoms with Gasteiger partial charge in [0.2, 0.25) is 0 Å². The molecule has 110 valence electrons. The number of nitrogens with zero attached hydrogens (tertiary/aromatic N) is 2. The molecule has 3 aliphatic rings. The Morgan fingerprint density at radius 3 is 2.76 bits per heavy atom. The Kier molecular flexibility index (Phi) is 3.27. The maximum absolute atomic E-state index is 12.5. The molecule has 1 N–H and O–H groups in total. The minimum absolute atomic E-state index is 0.0421. The summed E-state index contributed by atoms with van der Waals surface area (Å²) < 4.78 is 3.01. The number of rotatable bonds is 2. The summed E-state index contributed by atoms with van der Waals surface area (Å²) in [6, 6.07) is 6.23. The Morgan fingerprint density at radius 2 is 2.05 bits per heavy atom. The lowest BCUT2D eigenvalue weighted by Crippen LogP contribution is -2.57. The van der Waals surface area contributed by atoms with Crippen LogP contribution in [0.15, 0.2) is 35.1 Å². The molecule has 0 spiro atoms. The van der Waals surface area contributed by atoms with Gasteiger partial charge in [-0.2, -0.15) is 0 Å². The maximum atomic E-state index is 12.5. The highest BCUT2D eigenvalue weighted by Crippen LogP contribution is 2.27. The van der Waals surface area contributed by atoms with Crippen LogP contribution >= 0.6 is 15.9 Å². The van der Waals surface area contributed by atoms with Gasteiger partial charge in [0.1, 0.15) is 0 Å². The number of nitrogens with one attached hydrogen (secondary N) is 1. The molecular weight excluding hydrogens is 330 g/mol. The van der Waals surface area contributed by atoms with E-state index in [4.69, 9.17) is 0 Å².